The zero-order valence-corrected chi connectivity index (χ0v) is 21.0. The fourth-order valence-electron chi connectivity index (χ4n) is 4.87. The van der Waals surface area contributed by atoms with Crippen LogP contribution in [0.3, 0.4) is 0 Å². The summed E-state index contributed by atoms with van der Waals surface area (Å²) in [4.78, 5) is 37.9. The Hall–Kier alpha value is -3.43. The molecule has 2 aliphatic rings. The van der Waals surface area contributed by atoms with Gasteiger partial charge in [-0.15, -0.1) is 0 Å². The molecule has 4 heterocycles. The zero-order valence-electron chi connectivity index (χ0n) is 21.0. The number of anilines is 2. The van der Waals surface area contributed by atoms with Crippen LogP contribution in [-0.2, 0) is 17.1 Å². The summed E-state index contributed by atoms with van der Waals surface area (Å²) in [5.41, 5.74) is -3.94. The lowest BCUT2D eigenvalue weighted by Crippen LogP contribution is -2.52. The minimum Gasteiger partial charge on any atom is -0.379 e. The van der Waals surface area contributed by atoms with Gasteiger partial charge in [-0.25, -0.2) is 15.1 Å². The van der Waals surface area contributed by atoms with E-state index in [4.69, 9.17) is 0 Å². The van der Waals surface area contributed by atoms with Gasteiger partial charge in [0.2, 0.25) is 11.9 Å². The van der Waals surface area contributed by atoms with Crippen LogP contribution in [0.2, 0.25) is 0 Å². The maximum atomic E-state index is 13.3. The molecule has 0 bridgehead atoms. The van der Waals surface area contributed by atoms with Crippen LogP contribution >= 0.6 is 0 Å². The maximum Gasteiger partial charge on any atom is 0.423 e. The van der Waals surface area contributed by atoms with Crippen LogP contribution < -0.4 is 15.8 Å². The second kappa shape index (κ2) is 11.4. The summed E-state index contributed by atoms with van der Waals surface area (Å²) in [7, 11) is 0. The first-order chi connectivity index (χ1) is 18.3. The third kappa shape index (κ3) is 6.96. The van der Waals surface area contributed by atoms with Crippen LogP contribution in [0.15, 0.2) is 23.4 Å². The van der Waals surface area contributed by atoms with Gasteiger partial charge in [-0.2, -0.15) is 31.4 Å². The summed E-state index contributed by atoms with van der Waals surface area (Å²) in [5, 5.41) is 7.99. The predicted octanol–water partition coefficient (Wildman–Crippen LogP) is 2.46. The number of carbonyl (C=O) groups is 1. The molecule has 2 aromatic heterocycles. The molecule has 1 atom stereocenters. The highest BCUT2D eigenvalue weighted by molar-refractivity contribution is 5.79. The number of hydrogen-bond acceptors (Lipinski definition) is 8. The third-order valence-electron chi connectivity index (χ3n) is 6.85. The van der Waals surface area contributed by atoms with Gasteiger partial charge in [0.1, 0.15) is 5.56 Å². The highest BCUT2D eigenvalue weighted by Gasteiger charge is 2.38. The largest absolute Gasteiger partial charge is 0.423 e. The Balaban J connectivity index is 1.23. The number of aromatic amines is 1. The minimum atomic E-state index is -4.83. The van der Waals surface area contributed by atoms with Gasteiger partial charge in [0, 0.05) is 57.1 Å². The second-order valence-corrected chi connectivity index (χ2v) is 9.69. The van der Waals surface area contributed by atoms with Crippen molar-refractivity contribution in [2.24, 2.45) is 5.92 Å². The molecule has 16 heteroatoms. The molecule has 2 saturated heterocycles. The lowest BCUT2D eigenvalue weighted by atomic mass is 9.94. The van der Waals surface area contributed by atoms with E-state index in [9.17, 15) is 35.9 Å². The van der Waals surface area contributed by atoms with E-state index in [0.29, 0.717) is 58.7 Å². The Morgan fingerprint density at radius 2 is 1.62 bits per heavy atom. The van der Waals surface area contributed by atoms with Crippen LogP contribution in [0.5, 0.6) is 0 Å². The minimum absolute atomic E-state index is 0.0122. The van der Waals surface area contributed by atoms with Gasteiger partial charge >= 0.3 is 12.4 Å². The smallest absolute Gasteiger partial charge is 0.379 e. The van der Waals surface area contributed by atoms with E-state index in [2.05, 4.69) is 25.3 Å². The molecule has 0 saturated carbocycles. The van der Waals surface area contributed by atoms with Gasteiger partial charge in [-0.05, 0) is 32.9 Å². The first kappa shape index (κ1) is 28.6. The van der Waals surface area contributed by atoms with Crippen LogP contribution in [0.25, 0.3) is 0 Å². The van der Waals surface area contributed by atoms with Crippen LogP contribution in [-0.4, -0.2) is 87.7 Å². The molecular formula is C23H28F6N8O2. The topological polar surface area (TPSA) is 110 Å². The molecule has 1 amide bonds. The third-order valence-corrected chi connectivity index (χ3v) is 6.85. The van der Waals surface area contributed by atoms with Crippen LogP contribution in [0.4, 0.5) is 38.0 Å². The molecule has 214 valence electrons. The summed E-state index contributed by atoms with van der Waals surface area (Å²) in [5.74, 6) is 0.00898. The van der Waals surface area contributed by atoms with Gasteiger partial charge in [-0.3, -0.25) is 9.59 Å². The van der Waals surface area contributed by atoms with Crippen molar-refractivity contribution in [3.8, 4) is 0 Å². The molecule has 0 aromatic carbocycles. The van der Waals surface area contributed by atoms with Crippen LogP contribution in [0.1, 0.15) is 30.9 Å². The number of piperidine rings is 1. The van der Waals surface area contributed by atoms with Gasteiger partial charge < -0.3 is 20.0 Å². The Morgan fingerprint density at radius 1 is 1.00 bits per heavy atom. The van der Waals surface area contributed by atoms with Gasteiger partial charge in [0.05, 0.1) is 17.4 Å². The Kier molecular flexibility index (Phi) is 8.32. The van der Waals surface area contributed by atoms with Crippen LogP contribution in [0, 0.1) is 5.92 Å². The molecule has 2 aliphatic heterocycles. The van der Waals surface area contributed by atoms with Crippen molar-refractivity contribution in [1.82, 2.24) is 30.0 Å². The van der Waals surface area contributed by atoms with Crippen molar-refractivity contribution in [2.45, 2.75) is 38.2 Å². The van der Waals surface area contributed by atoms with Gasteiger partial charge in [0.15, 0.2) is 0 Å². The quantitative estimate of drug-likeness (QED) is 0.517. The first-order valence-corrected chi connectivity index (χ1v) is 12.4. The average molecular weight is 563 g/mol. The van der Waals surface area contributed by atoms with Gasteiger partial charge in [-0.1, -0.05) is 0 Å². The highest BCUT2D eigenvalue weighted by atomic mass is 19.4. The SMILES string of the molecule is C[C@@H](CN1CCC(C(=O)N2CCN(c3ncc(C(F)(F)F)cn3)CC2)CC1)Nc1cn[nH]c(=O)c1C(F)(F)F. The first-order valence-electron chi connectivity index (χ1n) is 12.4. The summed E-state index contributed by atoms with van der Waals surface area (Å²) in [6.45, 7) is 4.89. The fourth-order valence-corrected chi connectivity index (χ4v) is 4.87. The molecule has 0 spiro atoms. The Labute approximate surface area is 219 Å². The zero-order chi connectivity index (χ0) is 28.4. The van der Waals surface area contributed by atoms with E-state index in [-0.39, 0.29) is 23.5 Å². The molecule has 2 fully saturated rings. The Morgan fingerprint density at radius 3 is 2.18 bits per heavy atom. The number of rotatable bonds is 6. The van der Waals surface area contributed by atoms with E-state index < -0.39 is 35.1 Å². The standard InChI is InChI=1S/C23H28F6N8O2/c1-14(33-17-12-32-34-19(38)18(17)23(27,28)29)13-35-4-2-15(3-5-35)20(39)36-6-8-37(9-7-36)21-30-10-16(11-31-21)22(24,25)26/h10-12,14-15H,2-9,13H2,1H3,(H2,33,34,38)/t14-/m0/s1. The lowest BCUT2D eigenvalue weighted by molar-refractivity contribution is -0.139. The number of nitrogens with one attached hydrogen (secondary N) is 2. The lowest BCUT2D eigenvalue weighted by Gasteiger charge is -2.39. The number of halogens is 6. The monoisotopic (exact) mass is 562 g/mol. The second-order valence-electron chi connectivity index (χ2n) is 9.69. The number of aromatic nitrogens is 4. The highest BCUT2D eigenvalue weighted by Crippen LogP contribution is 2.32. The number of alkyl halides is 6. The molecule has 0 aliphatic carbocycles. The molecule has 4 rings (SSSR count). The number of hydrogen-bond donors (Lipinski definition) is 2. The summed E-state index contributed by atoms with van der Waals surface area (Å²) < 4.78 is 78.0. The van der Waals surface area contributed by atoms with E-state index in [1.54, 1.807) is 21.8 Å². The number of likely N-dealkylation sites (tertiary alicyclic amines) is 1. The molecule has 2 N–H and O–H groups in total. The molecule has 0 unspecified atom stereocenters. The van der Waals surface area contributed by atoms with E-state index in [1.807, 2.05) is 0 Å². The van der Waals surface area contributed by atoms with E-state index >= 15 is 0 Å². The number of carbonyl (C=O) groups excluding carboxylic acids is 1. The molecular weight excluding hydrogens is 534 g/mol. The number of nitrogens with zero attached hydrogens (tertiary/aromatic N) is 6. The van der Waals surface area contributed by atoms with Crippen molar-refractivity contribution in [3.63, 3.8) is 0 Å². The fraction of sp³-hybridized carbons (Fsp3) is 0.609. The molecule has 2 aromatic rings. The van der Waals surface area contributed by atoms with Crippen molar-refractivity contribution >= 4 is 17.5 Å². The molecule has 0 radical (unpaired) electrons. The summed E-state index contributed by atoms with van der Waals surface area (Å²) in [6, 6.07) is -0.414. The average Bonchev–Trinajstić information content (AvgIpc) is 2.87. The van der Waals surface area contributed by atoms with E-state index in [1.165, 1.54) is 0 Å². The maximum absolute atomic E-state index is 13.3. The number of H-pyrrole nitrogens is 1. The van der Waals surface area contributed by atoms with Crippen molar-refractivity contribution < 1.29 is 31.1 Å². The predicted molar refractivity (Wildman–Crippen MR) is 128 cm³/mol. The van der Waals surface area contributed by atoms with Gasteiger partial charge in [0.25, 0.3) is 5.56 Å². The number of amides is 1. The molecule has 10 nitrogen and oxygen atoms in total. The summed E-state index contributed by atoms with van der Waals surface area (Å²) in [6.07, 6.45) is -5.72. The normalized spacial score (nSPS) is 18.7. The molecule has 39 heavy (non-hydrogen) atoms. The van der Waals surface area contributed by atoms with E-state index in [0.717, 1.165) is 18.6 Å². The Bertz CT molecular complexity index is 1190. The van der Waals surface area contributed by atoms with Crippen molar-refractivity contribution in [3.05, 3.63) is 40.1 Å². The van der Waals surface area contributed by atoms with Crippen molar-refractivity contribution in [2.75, 3.05) is 56.0 Å². The van der Waals surface area contributed by atoms with Crippen molar-refractivity contribution in [1.29, 1.82) is 0 Å². The summed E-state index contributed by atoms with van der Waals surface area (Å²) >= 11 is 0. The number of piperazine rings is 1.